The number of hydrogen-bond acceptors (Lipinski definition) is 7. The molecule has 1 aromatic carbocycles. The number of fused-ring (bicyclic) bond motifs is 1. The van der Waals surface area contributed by atoms with Crippen molar-refractivity contribution in [2.75, 3.05) is 36.1 Å². The fourth-order valence-electron chi connectivity index (χ4n) is 2.62. The lowest BCUT2D eigenvalue weighted by Crippen LogP contribution is -2.40. The molecule has 0 N–H and O–H groups in total. The predicted molar refractivity (Wildman–Crippen MR) is 89.3 cm³/mol. The van der Waals surface area contributed by atoms with Gasteiger partial charge in [-0.05, 0) is 25.1 Å². The summed E-state index contributed by atoms with van der Waals surface area (Å²) in [5.41, 5.74) is 0.240. The smallest absolute Gasteiger partial charge is 0.351 e. The lowest BCUT2D eigenvalue weighted by molar-refractivity contribution is 0.0522. The van der Waals surface area contributed by atoms with Gasteiger partial charge in [0.1, 0.15) is 11.1 Å². The van der Waals surface area contributed by atoms with E-state index in [1.165, 1.54) is 6.07 Å². The van der Waals surface area contributed by atoms with Crippen molar-refractivity contribution in [1.29, 1.82) is 0 Å². The maximum atomic E-state index is 12.0. The van der Waals surface area contributed by atoms with E-state index < -0.39 is 21.4 Å². The molecule has 0 radical (unpaired) electrons. The van der Waals surface area contributed by atoms with Gasteiger partial charge in [0.2, 0.25) is 0 Å². The van der Waals surface area contributed by atoms with Gasteiger partial charge in [0.15, 0.2) is 9.84 Å². The van der Waals surface area contributed by atoms with E-state index in [1.54, 1.807) is 19.1 Å². The average molecular weight is 351 g/mol. The molecule has 1 fully saturated rings. The van der Waals surface area contributed by atoms with E-state index in [-0.39, 0.29) is 23.7 Å². The minimum atomic E-state index is -2.96. The Morgan fingerprint density at radius 1 is 1.25 bits per heavy atom. The monoisotopic (exact) mass is 351 g/mol. The Hall–Kier alpha value is -2.35. The quantitative estimate of drug-likeness (QED) is 0.606. The summed E-state index contributed by atoms with van der Waals surface area (Å²) in [6, 6.07) is 6.68. The summed E-state index contributed by atoms with van der Waals surface area (Å²) < 4.78 is 33.1. The molecule has 3 rings (SSSR count). The SMILES string of the molecule is CCOC(=O)c1cc2ccc(N3CCS(=O)(=O)CC3)cc2oc1=O. The van der Waals surface area contributed by atoms with Gasteiger partial charge in [-0.2, -0.15) is 0 Å². The molecule has 0 amide bonds. The summed E-state index contributed by atoms with van der Waals surface area (Å²) in [5.74, 6) is -0.494. The van der Waals surface area contributed by atoms with Gasteiger partial charge in [0.05, 0.1) is 18.1 Å². The number of sulfone groups is 1. The number of esters is 1. The summed E-state index contributed by atoms with van der Waals surface area (Å²) >= 11 is 0. The van der Waals surface area contributed by atoms with Crippen molar-refractivity contribution in [3.05, 3.63) is 40.2 Å². The molecule has 0 atom stereocenters. The summed E-state index contributed by atoms with van der Waals surface area (Å²) in [4.78, 5) is 25.6. The fourth-order valence-corrected chi connectivity index (χ4v) is 3.82. The number of nitrogens with zero attached hydrogens (tertiary/aromatic N) is 1. The zero-order valence-electron chi connectivity index (χ0n) is 13.1. The number of carbonyl (C=O) groups excluding carboxylic acids is 1. The lowest BCUT2D eigenvalue weighted by Gasteiger charge is -2.28. The Morgan fingerprint density at radius 2 is 1.96 bits per heavy atom. The standard InChI is InChI=1S/C16H17NO6S/c1-2-22-15(18)13-9-11-3-4-12(10-14(11)23-16(13)19)17-5-7-24(20,21)8-6-17/h3-4,9-10H,2,5-8H2,1H3. The van der Waals surface area contributed by atoms with Gasteiger partial charge in [-0.3, -0.25) is 0 Å². The third-order valence-corrected chi connectivity index (χ3v) is 5.53. The van der Waals surface area contributed by atoms with Crippen LogP contribution in [0, 0.1) is 0 Å². The van der Waals surface area contributed by atoms with Gasteiger partial charge in [-0.25, -0.2) is 18.0 Å². The number of hydrogen-bond donors (Lipinski definition) is 0. The van der Waals surface area contributed by atoms with Gasteiger partial charge in [0, 0.05) is 30.2 Å². The molecule has 1 aliphatic rings. The van der Waals surface area contributed by atoms with Crippen molar-refractivity contribution >= 4 is 32.5 Å². The lowest BCUT2D eigenvalue weighted by atomic mass is 10.1. The van der Waals surface area contributed by atoms with E-state index in [0.29, 0.717) is 24.1 Å². The molecule has 2 heterocycles. The van der Waals surface area contributed by atoms with Crippen LogP contribution < -0.4 is 10.5 Å². The number of rotatable bonds is 3. The van der Waals surface area contributed by atoms with Gasteiger partial charge in [-0.1, -0.05) is 0 Å². The van der Waals surface area contributed by atoms with Crippen LogP contribution in [0.5, 0.6) is 0 Å². The van der Waals surface area contributed by atoms with Crippen molar-refractivity contribution in [2.24, 2.45) is 0 Å². The van der Waals surface area contributed by atoms with Crippen LogP contribution in [0.15, 0.2) is 33.5 Å². The van der Waals surface area contributed by atoms with Crippen molar-refractivity contribution in [2.45, 2.75) is 6.92 Å². The maximum Gasteiger partial charge on any atom is 0.351 e. The van der Waals surface area contributed by atoms with E-state index in [9.17, 15) is 18.0 Å². The second-order valence-electron chi connectivity index (χ2n) is 5.53. The van der Waals surface area contributed by atoms with Crippen LogP contribution in [-0.2, 0) is 14.6 Å². The first-order valence-electron chi connectivity index (χ1n) is 7.60. The minimum absolute atomic E-state index is 0.108. The molecule has 0 bridgehead atoms. The van der Waals surface area contributed by atoms with E-state index in [1.807, 2.05) is 11.0 Å². The average Bonchev–Trinajstić information content (AvgIpc) is 2.54. The first-order chi connectivity index (χ1) is 11.4. The van der Waals surface area contributed by atoms with Crippen LogP contribution in [0.4, 0.5) is 5.69 Å². The van der Waals surface area contributed by atoms with E-state index in [0.717, 1.165) is 5.69 Å². The third-order valence-electron chi connectivity index (χ3n) is 3.92. The Balaban J connectivity index is 1.93. The topological polar surface area (TPSA) is 93.9 Å². The number of benzene rings is 1. The highest BCUT2D eigenvalue weighted by molar-refractivity contribution is 7.91. The first kappa shape index (κ1) is 16.5. The molecule has 8 heteroatoms. The number of carbonyl (C=O) groups is 1. The first-order valence-corrected chi connectivity index (χ1v) is 9.42. The van der Waals surface area contributed by atoms with E-state index in [2.05, 4.69) is 0 Å². The van der Waals surface area contributed by atoms with Crippen LogP contribution in [0.1, 0.15) is 17.3 Å². The van der Waals surface area contributed by atoms with Gasteiger partial charge < -0.3 is 14.1 Å². The van der Waals surface area contributed by atoms with Crippen molar-refractivity contribution < 1.29 is 22.4 Å². The summed E-state index contributed by atoms with van der Waals surface area (Å²) in [6.07, 6.45) is 0. The Labute approximate surface area is 138 Å². The van der Waals surface area contributed by atoms with Crippen molar-refractivity contribution in [1.82, 2.24) is 0 Å². The van der Waals surface area contributed by atoms with Gasteiger partial charge >= 0.3 is 11.6 Å². The molecule has 0 aliphatic carbocycles. The molecule has 0 unspecified atom stereocenters. The largest absolute Gasteiger partial charge is 0.462 e. The highest BCUT2D eigenvalue weighted by Gasteiger charge is 2.22. The van der Waals surface area contributed by atoms with Crippen molar-refractivity contribution in [3.8, 4) is 0 Å². The maximum absolute atomic E-state index is 12.0. The second kappa shape index (κ2) is 6.27. The molecule has 7 nitrogen and oxygen atoms in total. The van der Waals surface area contributed by atoms with E-state index in [4.69, 9.17) is 9.15 Å². The number of ether oxygens (including phenoxy) is 1. The fraction of sp³-hybridized carbons (Fsp3) is 0.375. The summed E-state index contributed by atoms with van der Waals surface area (Å²) in [5, 5.41) is 0.603. The van der Waals surface area contributed by atoms with Crippen LogP contribution in [0.2, 0.25) is 0 Å². The molecular weight excluding hydrogens is 334 g/mol. The Morgan fingerprint density at radius 3 is 2.62 bits per heavy atom. The Kier molecular flexibility index (Phi) is 4.31. The number of anilines is 1. The normalized spacial score (nSPS) is 17.0. The highest BCUT2D eigenvalue weighted by Crippen LogP contribution is 2.23. The molecule has 1 aromatic heterocycles. The molecule has 1 aliphatic heterocycles. The summed E-state index contributed by atoms with van der Waals surface area (Å²) in [7, 11) is -2.96. The zero-order chi connectivity index (χ0) is 17.3. The molecule has 1 saturated heterocycles. The van der Waals surface area contributed by atoms with Crippen LogP contribution in [0.3, 0.4) is 0 Å². The van der Waals surface area contributed by atoms with Crippen LogP contribution in [0.25, 0.3) is 11.0 Å². The minimum Gasteiger partial charge on any atom is -0.462 e. The van der Waals surface area contributed by atoms with Gasteiger partial charge in [-0.15, -0.1) is 0 Å². The van der Waals surface area contributed by atoms with E-state index >= 15 is 0 Å². The molecule has 2 aromatic rings. The van der Waals surface area contributed by atoms with Gasteiger partial charge in [0.25, 0.3) is 0 Å². The molecule has 0 saturated carbocycles. The second-order valence-corrected chi connectivity index (χ2v) is 7.83. The summed E-state index contributed by atoms with van der Waals surface area (Å²) in [6.45, 7) is 2.64. The van der Waals surface area contributed by atoms with Crippen LogP contribution >= 0.6 is 0 Å². The van der Waals surface area contributed by atoms with Crippen LogP contribution in [-0.4, -0.2) is 45.6 Å². The molecule has 0 spiro atoms. The molecular formula is C16H17NO6S. The van der Waals surface area contributed by atoms with Crippen molar-refractivity contribution in [3.63, 3.8) is 0 Å². The molecule has 24 heavy (non-hydrogen) atoms. The third kappa shape index (κ3) is 3.28. The Bertz CT molecular complexity index is 933. The highest BCUT2D eigenvalue weighted by atomic mass is 32.2. The predicted octanol–water partition coefficient (Wildman–Crippen LogP) is 1.20. The zero-order valence-corrected chi connectivity index (χ0v) is 14.0. The molecule has 128 valence electrons.